The Morgan fingerprint density at radius 2 is 2.14 bits per heavy atom. The molecule has 1 aromatic carbocycles. The molecule has 1 atom stereocenters. The number of nitrogens with one attached hydrogen (secondary N) is 2. The molecule has 3 N–H and O–H groups in total. The Hall–Kier alpha value is -0.950. The van der Waals surface area contributed by atoms with Gasteiger partial charge in [-0.25, -0.2) is 12.7 Å². The predicted molar refractivity (Wildman–Crippen MR) is 126 cm³/mol. The van der Waals surface area contributed by atoms with Crippen LogP contribution in [0.2, 0.25) is 0 Å². The lowest BCUT2D eigenvalue weighted by Gasteiger charge is -2.16. The monoisotopic (exact) mass is 538 g/mol. The summed E-state index contributed by atoms with van der Waals surface area (Å²) in [6, 6.07) is 10.0. The Morgan fingerprint density at radius 3 is 2.82 bits per heavy atom. The number of aliphatic imine (C=N–C) groups is 1. The van der Waals surface area contributed by atoms with Crippen LogP contribution in [0.3, 0.4) is 0 Å². The van der Waals surface area contributed by atoms with E-state index in [1.165, 1.54) is 4.31 Å². The van der Waals surface area contributed by atoms with Crippen molar-refractivity contribution in [3.8, 4) is 0 Å². The molecule has 1 unspecified atom stereocenters. The number of nitrogens with zero attached hydrogens (tertiary/aromatic N) is 2. The molecule has 3 rings (SSSR count). The molecular formula is C18H27IN4O3S2. The van der Waals surface area contributed by atoms with Crippen molar-refractivity contribution in [2.24, 2.45) is 4.99 Å². The maximum absolute atomic E-state index is 11.8. The van der Waals surface area contributed by atoms with Gasteiger partial charge in [-0.1, -0.05) is 18.2 Å². The first-order valence-corrected chi connectivity index (χ1v) is 11.6. The molecule has 7 nitrogen and oxygen atoms in total. The van der Waals surface area contributed by atoms with Gasteiger partial charge in [-0.15, -0.1) is 35.3 Å². The van der Waals surface area contributed by atoms with E-state index in [0.29, 0.717) is 38.6 Å². The number of aliphatic hydroxyl groups is 1. The lowest BCUT2D eigenvalue weighted by Crippen LogP contribution is -2.42. The van der Waals surface area contributed by atoms with Gasteiger partial charge in [0, 0.05) is 35.8 Å². The van der Waals surface area contributed by atoms with E-state index in [1.54, 1.807) is 11.3 Å². The SMILES string of the molecule is CCNC(=NCC(O)c1cc2ccccc2s1)NCCN1CCCS1(=O)=O.I. The van der Waals surface area contributed by atoms with Gasteiger partial charge in [0.2, 0.25) is 10.0 Å². The fourth-order valence-corrected chi connectivity index (χ4v) is 5.59. The van der Waals surface area contributed by atoms with Crippen LogP contribution in [0.4, 0.5) is 0 Å². The molecule has 1 saturated heterocycles. The molecule has 28 heavy (non-hydrogen) atoms. The molecular weight excluding hydrogens is 511 g/mol. The third-order valence-electron chi connectivity index (χ3n) is 4.40. The van der Waals surface area contributed by atoms with Crippen LogP contribution in [0.15, 0.2) is 35.3 Å². The zero-order valence-electron chi connectivity index (χ0n) is 15.8. The summed E-state index contributed by atoms with van der Waals surface area (Å²) in [5.74, 6) is 0.817. The van der Waals surface area contributed by atoms with Crippen molar-refractivity contribution < 1.29 is 13.5 Å². The summed E-state index contributed by atoms with van der Waals surface area (Å²) < 4.78 is 26.3. The van der Waals surface area contributed by atoms with Crippen molar-refractivity contribution in [1.82, 2.24) is 14.9 Å². The van der Waals surface area contributed by atoms with E-state index in [-0.39, 0.29) is 36.3 Å². The number of guanidine groups is 1. The Bertz CT molecular complexity index is 868. The Balaban J connectivity index is 0.00000280. The third-order valence-corrected chi connectivity index (χ3v) is 7.57. The number of aliphatic hydroxyl groups excluding tert-OH is 1. The fraction of sp³-hybridized carbons (Fsp3) is 0.500. The molecule has 0 bridgehead atoms. The topological polar surface area (TPSA) is 94.0 Å². The van der Waals surface area contributed by atoms with Crippen LogP contribution in [0.1, 0.15) is 24.3 Å². The van der Waals surface area contributed by atoms with Crippen LogP contribution in [-0.4, -0.2) is 62.3 Å². The molecule has 0 spiro atoms. The maximum Gasteiger partial charge on any atom is 0.214 e. The van der Waals surface area contributed by atoms with Crippen molar-refractivity contribution in [3.63, 3.8) is 0 Å². The summed E-state index contributed by atoms with van der Waals surface area (Å²) in [7, 11) is -3.08. The number of rotatable bonds is 7. The summed E-state index contributed by atoms with van der Waals surface area (Å²) >= 11 is 1.57. The highest BCUT2D eigenvalue weighted by molar-refractivity contribution is 14.0. The minimum absolute atomic E-state index is 0. The number of benzene rings is 1. The van der Waals surface area contributed by atoms with Gasteiger partial charge >= 0.3 is 0 Å². The molecule has 1 aromatic heterocycles. The number of fused-ring (bicyclic) bond motifs is 1. The lowest BCUT2D eigenvalue weighted by molar-refractivity contribution is 0.191. The average Bonchev–Trinajstić information content (AvgIpc) is 3.22. The molecule has 2 aromatic rings. The molecule has 0 radical (unpaired) electrons. The van der Waals surface area contributed by atoms with Crippen LogP contribution in [0.25, 0.3) is 10.1 Å². The van der Waals surface area contributed by atoms with Crippen molar-refractivity contribution >= 4 is 61.4 Å². The van der Waals surface area contributed by atoms with E-state index in [9.17, 15) is 13.5 Å². The second-order valence-electron chi connectivity index (χ2n) is 6.42. The van der Waals surface area contributed by atoms with Gasteiger partial charge in [-0.3, -0.25) is 4.99 Å². The van der Waals surface area contributed by atoms with Crippen LogP contribution in [0, 0.1) is 0 Å². The van der Waals surface area contributed by atoms with Crippen molar-refractivity contribution in [1.29, 1.82) is 0 Å². The number of halogens is 1. The van der Waals surface area contributed by atoms with Crippen LogP contribution < -0.4 is 10.6 Å². The summed E-state index contributed by atoms with van der Waals surface area (Å²) in [6.45, 7) is 4.37. The molecule has 2 heterocycles. The summed E-state index contributed by atoms with van der Waals surface area (Å²) in [6.07, 6.45) is 0.0227. The van der Waals surface area contributed by atoms with E-state index < -0.39 is 16.1 Å². The molecule has 0 saturated carbocycles. The van der Waals surface area contributed by atoms with Gasteiger partial charge < -0.3 is 15.7 Å². The molecule has 1 aliphatic heterocycles. The normalized spacial score (nSPS) is 18.0. The summed E-state index contributed by atoms with van der Waals surface area (Å²) in [4.78, 5) is 5.33. The van der Waals surface area contributed by atoms with E-state index >= 15 is 0 Å². The van der Waals surface area contributed by atoms with Gasteiger partial charge in [-0.2, -0.15) is 0 Å². The van der Waals surface area contributed by atoms with E-state index in [2.05, 4.69) is 15.6 Å². The largest absolute Gasteiger partial charge is 0.386 e. The zero-order valence-corrected chi connectivity index (χ0v) is 19.8. The highest BCUT2D eigenvalue weighted by Crippen LogP contribution is 2.29. The number of hydrogen-bond donors (Lipinski definition) is 3. The first-order valence-electron chi connectivity index (χ1n) is 9.16. The Kier molecular flexibility index (Phi) is 8.93. The Labute approximate surface area is 187 Å². The van der Waals surface area contributed by atoms with E-state index in [0.717, 1.165) is 15.0 Å². The minimum atomic E-state index is -3.08. The minimum Gasteiger partial charge on any atom is -0.386 e. The number of hydrogen-bond acceptors (Lipinski definition) is 5. The van der Waals surface area contributed by atoms with Crippen LogP contribution in [-0.2, 0) is 10.0 Å². The molecule has 1 aliphatic rings. The van der Waals surface area contributed by atoms with Gasteiger partial charge in [0.25, 0.3) is 0 Å². The fourth-order valence-electron chi connectivity index (χ4n) is 3.02. The second-order valence-corrected chi connectivity index (χ2v) is 9.62. The summed E-state index contributed by atoms with van der Waals surface area (Å²) in [5.41, 5.74) is 0. The highest BCUT2D eigenvalue weighted by Gasteiger charge is 2.27. The molecule has 1 fully saturated rings. The van der Waals surface area contributed by atoms with Gasteiger partial charge in [0.05, 0.1) is 12.3 Å². The Morgan fingerprint density at radius 1 is 1.36 bits per heavy atom. The smallest absolute Gasteiger partial charge is 0.214 e. The lowest BCUT2D eigenvalue weighted by atomic mass is 10.2. The van der Waals surface area contributed by atoms with Crippen molar-refractivity contribution in [2.75, 3.05) is 38.5 Å². The average molecular weight is 538 g/mol. The molecule has 0 aliphatic carbocycles. The van der Waals surface area contributed by atoms with E-state index in [1.807, 2.05) is 37.3 Å². The maximum atomic E-state index is 11.8. The van der Waals surface area contributed by atoms with E-state index in [4.69, 9.17) is 0 Å². The predicted octanol–water partition coefficient (Wildman–Crippen LogP) is 2.14. The molecule has 0 amide bonds. The molecule has 156 valence electrons. The summed E-state index contributed by atoms with van der Waals surface area (Å²) in [5, 5.41) is 17.9. The quantitative estimate of drug-likeness (QED) is 0.286. The first kappa shape index (κ1) is 23.3. The standard InChI is InChI=1S/C18H26N4O3S2.HI/c1-2-19-18(20-8-10-22-9-5-11-27(22,24)25)21-13-15(23)17-12-14-6-3-4-7-16(14)26-17;/h3-4,6-7,12,15,23H,2,5,8-11,13H2,1H3,(H2,19,20,21);1H. The van der Waals surface area contributed by atoms with Gasteiger partial charge in [-0.05, 0) is 30.9 Å². The van der Waals surface area contributed by atoms with Crippen LogP contribution in [0.5, 0.6) is 0 Å². The number of thiophene rings is 1. The van der Waals surface area contributed by atoms with Crippen molar-refractivity contribution in [2.45, 2.75) is 19.4 Å². The highest BCUT2D eigenvalue weighted by atomic mass is 127. The zero-order chi connectivity index (χ0) is 19.3. The van der Waals surface area contributed by atoms with Crippen molar-refractivity contribution in [3.05, 3.63) is 35.2 Å². The first-order chi connectivity index (χ1) is 13.0. The van der Waals surface area contributed by atoms with Gasteiger partial charge in [0.1, 0.15) is 6.10 Å². The molecule has 10 heteroatoms. The second kappa shape index (κ2) is 10.7. The van der Waals surface area contributed by atoms with Crippen LogP contribution >= 0.6 is 35.3 Å². The van der Waals surface area contributed by atoms with Gasteiger partial charge in [0.15, 0.2) is 5.96 Å². The third kappa shape index (κ3) is 6.02. The number of sulfonamides is 1.